The van der Waals surface area contributed by atoms with Gasteiger partial charge in [0.2, 0.25) is 0 Å². The van der Waals surface area contributed by atoms with Gasteiger partial charge in [0.15, 0.2) is 0 Å². The molecule has 7 heteroatoms. The molecule has 0 saturated carbocycles. The Bertz CT molecular complexity index is 937. The second-order valence-electron chi connectivity index (χ2n) is 6.51. The Morgan fingerprint density at radius 3 is 2.41 bits per heavy atom. The lowest BCUT2D eigenvalue weighted by molar-refractivity contribution is -0.113. The first-order chi connectivity index (χ1) is 13.0. The van der Waals surface area contributed by atoms with Crippen molar-refractivity contribution in [2.45, 2.75) is 12.8 Å². The van der Waals surface area contributed by atoms with Gasteiger partial charge in [-0.1, -0.05) is 17.7 Å². The van der Waals surface area contributed by atoms with Crippen LogP contribution in [0.3, 0.4) is 0 Å². The predicted molar refractivity (Wildman–Crippen MR) is 103 cm³/mol. The van der Waals surface area contributed by atoms with Crippen LogP contribution in [0.4, 0.5) is 20.6 Å². The molecular formula is C20H17ClFN3O2. The Morgan fingerprint density at radius 2 is 1.74 bits per heavy atom. The van der Waals surface area contributed by atoms with Gasteiger partial charge in [-0.25, -0.2) is 14.1 Å². The molecule has 0 radical (unpaired) electrons. The van der Waals surface area contributed by atoms with E-state index in [1.54, 1.807) is 36.4 Å². The molecule has 0 aromatic heterocycles. The number of anilines is 2. The van der Waals surface area contributed by atoms with Crippen LogP contribution in [0.5, 0.6) is 0 Å². The van der Waals surface area contributed by atoms with Gasteiger partial charge in [-0.05, 0) is 60.9 Å². The van der Waals surface area contributed by atoms with E-state index < -0.39 is 11.9 Å². The smallest absolute Gasteiger partial charge is 0.333 e. The molecular weight excluding hydrogens is 369 g/mol. The third-order valence-corrected chi connectivity index (χ3v) is 4.94. The lowest BCUT2D eigenvalue weighted by Crippen LogP contribution is -2.30. The number of halogens is 2. The fourth-order valence-electron chi connectivity index (χ4n) is 3.35. The lowest BCUT2D eigenvalue weighted by atomic mass is 10.1. The zero-order valence-corrected chi connectivity index (χ0v) is 15.2. The van der Waals surface area contributed by atoms with Crippen molar-refractivity contribution in [3.8, 4) is 0 Å². The van der Waals surface area contributed by atoms with Crippen LogP contribution in [0, 0.1) is 5.82 Å². The summed E-state index contributed by atoms with van der Waals surface area (Å²) in [4.78, 5) is 27.8. The lowest BCUT2D eigenvalue weighted by Gasteiger charge is -2.18. The molecule has 3 amide bonds. The topological polar surface area (TPSA) is 52.7 Å². The van der Waals surface area contributed by atoms with Crippen molar-refractivity contribution in [2.24, 2.45) is 0 Å². The molecule has 0 aliphatic carbocycles. The van der Waals surface area contributed by atoms with Crippen molar-refractivity contribution in [3.05, 3.63) is 64.6 Å². The normalized spacial score (nSPS) is 18.5. The number of nitrogens with zero attached hydrogens (tertiary/aromatic N) is 2. The molecule has 4 rings (SSSR count). The molecule has 2 aliphatic heterocycles. The third kappa shape index (κ3) is 3.40. The number of carbonyl (C=O) groups is 2. The number of nitrogens with one attached hydrogen (secondary N) is 1. The Hall–Kier alpha value is -2.86. The second kappa shape index (κ2) is 7.04. The predicted octanol–water partition coefficient (Wildman–Crippen LogP) is 4.18. The van der Waals surface area contributed by atoms with Crippen molar-refractivity contribution < 1.29 is 14.0 Å². The maximum Gasteiger partial charge on any atom is 0.333 e. The number of hydrogen-bond acceptors (Lipinski definition) is 3. The monoisotopic (exact) mass is 385 g/mol. The van der Waals surface area contributed by atoms with Crippen LogP contribution in [-0.2, 0) is 4.79 Å². The van der Waals surface area contributed by atoms with Crippen molar-refractivity contribution in [3.63, 3.8) is 0 Å². The molecule has 2 heterocycles. The minimum atomic E-state index is -0.553. The summed E-state index contributed by atoms with van der Waals surface area (Å²) in [5.74, 6) is -0.830. The fraction of sp³-hybridized carbons (Fsp3) is 0.200. The Labute approximate surface area is 161 Å². The van der Waals surface area contributed by atoms with Crippen LogP contribution >= 0.6 is 11.6 Å². The van der Waals surface area contributed by atoms with E-state index in [-0.39, 0.29) is 11.5 Å². The Morgan fingerprint density at radius 1 is 1.04 bits per heavy atom. The van der Waals surface area contributed by atoms with Crippen LogP contribution in [0.15, 0.2) is 48.2 Å². The highest BCUT2D eigenvalue weighted by Crippen LogP contribution is 2.27. The summed E-state index contributed by atoms with van der Waals surface area (Å²) < 4.78 is 14.5. The maximum atomic E-state index is 14.5. The molecule has 2 aromatic carbocycles. The van der Waals surface area contributed by atoms with E-state index in [0.717, 1.165) is 30.8 Å². The highest BCUT2D eigenvalue weighted by Gasteiger charge is 2.34. The van der Waals surface area contributed by atoms with E-state index >= 15 is 0 Å². The van der Waals surface area contributed by atoms with Gasteiger partial charge in [-0.3, -0.25) is 4.79 Å². The second-order valence-corrected chi connectivity index (χ2v) is 6.95. The summed E-state index contributed by atoms with van der Waals surface area (Å²) in [6, 6.07) is 10.7. The van der Waals surface area contributed by atoms with Crippen molar-refractivity contribution in [1.29, 1.82) is 0 Å². The van der Waals surface area contributed by atoms with E-state index in [4.69, 9.17) is 11.6 Å². The van der Waals surface area contributed by atoms with Gasteiger partial charge in [0.05, 0.1) is 11.4 Å². The summed E-state index contributed by atoms with van der Waals surface area (Å²) in [5, 5.41) is 3.05. The summed E-state index contributed by atoms with van der Waals surface area (Å²) in [6.07, 6.45) is 3.60. The molecule has 0 unspecified atom stereocenters. The van der Waals surface area contributed by atoms with E-state index in [0.29, 0.717) is 22.0 Å². The van der Waals surface area contributed by atoms with Crippen molar-refractivity contribution in [2.75, 3.05) is 22.9 Å². The molecule has 1 N–H and O–H groups in total. The fourth-order valence-corrected chi connectivity index (χ4v) is 3.48. The standard InChI is InChI=1S/C20H17ClFN3O2/c21-14-4-6-15(7-5-14)25-19(26)17(23-20(25)27)12-13-3-8-18(16(22)11-13)24-9-1-2-10-24/h3-8,11-12H,1-2,9-10H2,(H,23,27)/b17-12+. The zero-order valence-electron chi connectivity index (χ0n) is 14.4. The molecule has 2 fully saturated rings. The van der Waals surface area contributed by atoms with Gasteiger partial charge in [0.25, 0.3) is 5.91 Å². The van der Waals surface area contributed by atoms with Gasteiger partial charge in [0, 0.05) is 18.1 Å². The van der Waals surface area contributed by atoms with Crippen LogP contribution in [0.25, 0.3) is 6.08 Å². The molecule has 2 saturated heterocycles. The number of hydrogen-bond donors (Lipinski definition) is 1. The minimum absolute atomic E-state index is 0.100. The number of carbonyl (C=O) groups excluding carboxylic acids is 2. The highest BCUT2D eigenvalue weighted by molar-refractivity contribution is 6.31. The molecule has 0 spiro atoms. The quantitative estimate of drug-likeness (QED) is 0.637. The largest absolute Gasteiger partial charge is 0.369 e. The molecule has 0 bridgehead atoms. The third-order valence-electron chi connectivity index (χ3n) is 4.69. The Kier molecular flexibility index (Phi) is 4.58. The summed E-state index contributed by atoms with van der Waals surface area (Å²) in [6.45, 7) is 1.70. The molecule has 0 atom stereocenters. The van der Waals surface area contributed by atoms with Crippen LogP contribution in [-0.4, -0.2) is 25.0 Å². The van der Waals surface area contributed by atoms with Crippen LogP contribution in [0.2, 0.25) is 5.02 Å². The van der Waals surface area contributed by atoms with Crippen LogP contribution in [0.1, 0.15) is 18.4 Å². The first kappa shape index (κ1) is 17.5. The molecule has 138 valence electrons. The van der Waals surface area contributed by atoms with E-state index in [1.165, 1.54) is 12.1 Å². The first-order valence-electron chi connectivity index (χ1n) is 8.70. The SMILES string of the molecule is O=C1N/C(=C/c2ccc(N3CCCC3)c(F)c2)C(=O)N1c1ccc(Cl)cc1. The number of rotatable bonds is 3. The number of benzene rings is 2. The van der Waals surface area contributed by atoms with Gasteiger partial charge >= 0.3 is 6.03 Å². The molecule has 27 heavy (non-hydrogen) atoms. The molecule has 2 aromatic rings. The highest BCUT2D eigenvalue weighted by atomic mass is 35.5. The number of amides is 3. The molecule has 2 aliphatic rings. The summed E-state index contributed by atoms with van der Waals surface area (Å²) in [7, 11) is 0. The van der Waals surface area contributed by atoms with E-state index in [1.807, 2.05) is 4.90 Å². The average molecular weight is 386 g/mol. The van der Waals surface area contributed by atoms with Gasteiger partial charge in [-0.15, -0.1) is 0 Å². The summed E-state index contributed by atoms with van der Waals surface area (Å²) >= 11 is 5.85. The van der Waals surface area contributed by atoms with Crippen LogP contribution < -0.4 is 15.1 Å². The Balaban J connectivity index is 1.59. The van der Waals surface area contributed by atoms with Crippen molar-refractivity contribution >= 4 is 41.0 Å². The van der Waals surface area contributed by atoms with E-state index in [2.05, 4.69) is 5.32 Å². The van der Waals surface area contributed by atoms with Gasteiger partial charge in [0.1, 0.15) is 11.5 Å². The first-order valence-corrected chi connectivity index (χ1v) is 9.08. The maximum absolute atomic E-state index is 14.5. The van der Waals surface area contributed by atoms with Gasteiger partial charge < -0.3 is 10.2 Å². The zero-order chi connectivity index (χ0) is 19.0. The average Bonchev–Trinajstić information content (AvgIpc) is 3.25. The number of urea groups is 1. The van der Waals surface area contributed by atoms with Crippen molar-refractivity contribution in [1.82, 2.24) is 5.32 Å². The minimum Gasteiger partial charge on any atom is -0.369 e. The molecule has 5 nitrogen and oxygen atoms in total. The number of imide groups is 1. The van der Waals surface area contributed by atoms with Gasteiger partial charge in [-0.2, -0.15) is 0 Å². The van der Waals surface area contributed by atoms with E-state index in [9.17, 15) is 14.0 Å². The summed E-state index contributed by atoms with van der Waals surface area (Å²) in [5.41, 5.74) is 1.60.